The maximum atomic E-state index is 12.7. The van der Waals surface area contributed by atoms with Crippen molar-refractivity contribution in [2.45, 2.75) is 0 Å². The highest BCUT2D eigenvalue weighted by molar-refractivity contribution is 7.19. The Balaban J connectivity index is 1.98. The van der Waals surface area contributed by atoms with Gasteiger partial charge < -0.3 is 20.5 Å². The Morgan fingerprint density at radius 1 is 1.11 bits per heavy atom. The van der Waals surface area contributed by atoms with Gasteiger partial charge in [0.05, 0.1) is 19.9 Å². The monoisotopic (exact) mass is 379 g/mol. The third-order valence-corrected chi connectivity index (χ3v) is 5.06. The second-order valence-electron chi connectivity index (χ2n) is 5.55. The minimum Gasteiger partial charge on any atom is -0.493 e. The van der Waals surface area contributed by atoms with Crippen molar-refractivity contribution in [2.75, 3.05) is 25.3 Å². The van der Waals surface area contributed by atoms with Crippen LogP contribution in [-0.2, 0) is 0 Å². The molecule has 2 aromatic carbocycles. The van der Waals surface area contributed by atoms with E-state index in [0.717, 1.165) is 11.3 Å². The average molecular weight is 379 g/mol. The van der Waals surface area contributed by atoms with Gasteiger partial charge in [-0.1, -0.05) is 30.3 Å². The van der Waals surface area contributed by atoms with Crippen molar-refractivity contribution >= 4 is 33.5 Å². The van der Waals surface area contributed by atoms with Crippen LogP contribution in [0, 0.1) is 11.3 Å². The van der Waals surface area contributed by atoms with Gasteiger partial charge in [-0.15, -0.1) is 11.3 Å². The van der Waals surface area contributed by atoms with Crippen LogP contribution in [0.4, 0.5) is 16.4 Å². The molecule has 0 bridgehead atoms. The number of anilines is 3. The van der Waals surface area contributed by atoms with Crippen molar-refractivity contribution in [2.24, 2.45) is 0 Å². The summed E-state index contributed by atoms with van der Waals surface area (Å²) in [6, 6.07) is 16.2. The summed E-state index contributed by atoms with van der Waals surface area (Å²) in [4.78, 5) is 13.1. The molecule has 0 saturated heterocycles. The number of ketones is 1. The summed E-state index contributed by atoms with van der Waals surface area (Å²) in [5.74, 6) is 0.926. The standard InChI is InChI=1S/C20H17N3O3S/c1-25-15-9-8-13(10-16(15)26-2)23-20-14(11-21)17(22)19(27-20)18(24)12-6-4-3-5-7-12/h3-10,23H,22H2,1-2H3. The number of carbonyl (C=O) groups is 1. The molecule has 0 aliphatic heterocycles. The highest BCUT2D eigenvalue weighted by atomic mass is 32.1. The van der Waals surface area contributed by atoms with Gasteiger partial charge in [-0.05, 0) is 12.1 Å². The van der Waals surface area contributed by atoms with Crippen molar-refractivity contribution in [3.05, 3.63) is 64.5 Å². The Labute approximate surface area is 160 Å². The molecule has 1 aromatic heterocycles. The number of methoxy groups -OCH3 is 2. The van der Waals surface area contributed by atoms with Crippen molar-refractivity contribution < 1.29 is 14.3 Å². The summed E-state index contributed by atoms with van der Waals surface area (Å²) < 4.78 is 10.5. The lowest BCUT2D eigenvalue weighted by Gasteiger charge is -2.10. The van der Waals surface area contributed by atoms with Crippen molar-refractivity contribution in [1.29, 1.82) is 5.26 Å². The molecule has 1 heterocycles. The van der Waals surface area contributed by atoms with Crippen LogP contribution >= 0.6 is 11.3 Å². The number of ether oxygens (including phenoxy) is 2. The van der Waals surface area contributed by atoms with Crippen LogP contribution < -0.4 is 20.5 Å². The predicted octanol–water partition coefficient (Wildman–Crippen LogP) is 4.19. The third kappa shape index (κ3) is 3.57. The zero-order valence-corrected chi connectivity index (χ0v) is 15.6. The molecule has 0 aliphatic rings. The van der Waals surface area contributed by atoms with E-state index in [-0.39, 0.29) is 17.0 Å². The Morgan fingerprint density at radius 3 is 2.44 bits per heavy atom. The zero-order valence-electron chi connectivity index (χ0n) is 14.8. The van der Waals surface area contributed by atoms with Crippen LogP contribution in [-0.4, -0.2) is 20.0 Å². The molecule has 136 valence electrons. The van der Waals surface area contributed by atoms with Crippen LogP contribution in [0.25, 0.3) is 0 Å². The van der Waals surface area contributed by atoms with E-state index >= 15 is 0 Å². The molecular formula is C20H17N3O3S. The van der Waals surface area contributed by atoms with Crippen molar-refractivity contribution in [1.82, 2.24) is 0 Å². The molecule has 3 N–H and O–H groups in total. The van der Waals surface area contributed by atoms with Gasteiger partial charge in [0.1, 0.15) is 21.5 Å². The van der Waals surface area contributed by atoms with Gasteiger partial charge in [-0.25, -0.2) is 0 Å². The lowest BCUT2D eigenvalue weighted by atomic mass is 10.1. The number of thiophene rings is 1. The lowest BCUT2D eigenvalue weighted by molar-refractivity contribution is 0.104. The molecule has 0 unspecified atom stereocenters. The number of hydrogen-bond donors (Lipinski definition) is 2. The first-order chi connectivity index (χ1) is 13.1. The summed E-state index contributed by atoms with van der Waals surface area (Å²) in [6.07, 6.45) is 0. The summed E-state index contributed by atoms with van der Waals surface area (Å²) in [6.45, 7) is 0. The predicted molar refractivity (Wildman–Crippen MR) is 106 cm³/mol. The van der Waals surface area contributed by atoms with E-state index in [1.54, 1.807) is 56.7 Å². The number of nitrogens with one attached hydrogen (secondary N) is 1. The maximum Gasteiger partial charge on any atom is 0.205 e. The quantitative estimate of drug-likeness (QED) is 0.623. The largest absolute Gasteiger partial charge is 0.493 e. The van der Waals surface area contributed by atoms with Crippen LogP contribution in [0.1, 0.15) is 20.8 Å². The Kier molecular flexibility index (Phi) is 5.29. The number of nitrogens with two attached hydrogens (primary N) is 1. The van der Waals surface area contributed by atoms with Gasteiger partial charge in [-0.3, -0.25) is 4.79 Å². The third-order valence-electron chi connectivity index (χ3n) is 3.94. The van der Waals surface area contributed by atoms with Crippen LogP contribution in [0.2, 0.25) is 0 Å². The highest BCUT2D eigenvalue weighted by Gasteiger charge is 2.22. The van der Waals surface area contributed by atoms with Gasteiger partial charge >= 0.3 is 0 Å². The number of carbonyl (C=O) groups excluding carboxylic acids is 1. The minimum absolute atomic E-state index is 0.180. The number of nitrogen functional groups attached to an aromatic ring is 1. The highest BCUT2D eigenvalue weighted by Crippen LogP contribution is 2.39. The maximum absolute atomic E-state index is 12.7. The number of rotatable bonds is 6. The summed E-state index contributed by atoms with van der Waals surface area (Å²) >= 11 is 1.15. The SMILES string of the molecule is COc1ccc(Nc2sc(C(=O)c3ccccc3)c(N)c2C#N)cc1OC. The van der Waals surface area contributed by atoms with Crippen LogP contribution in [0.3, 0.4) is 0 Å². The Hall–Kier alpha value is -3.50. The molecule has 0 radical (unpaired) electrons. The van der Waals surface area contributed by atoms with Crippen molar-refractivity contribution in [3.63, 3.8) is 0 Å². The van der Waals surface area contributed by atoms with E-state index in [2.05, 4.69) is 11.4 Å². The Morgan fingerprint density at radius 2 is 1.81 bits per heavy atom. The zero-order chi connectivity index (χ0) is 19.4. The molecule has 0 fully saturated rings. The molecule has 0 atom stereocenters. The molecule has 0 saturated carbocycles. The van der Waals surface area contributed by atoms with E-state index in [0.29, 0.717) is 32.6 Å². The molecule has 6 nitrogen and oxygen atoms in total. The number of benzene rings is 2. The average Bonchev–Trinajstić information content (AvgIpc) is 3.02. The molecule has 0 amide bonds. The summed E-state index contributed by atoms with van der Waals surface area (Å²) in [5.41, 5.74) is 7.72. The molecule has 7 heteroatoms. The smallest absolute Gasteiger partial charge is 0.205 e. The molecule has 0 spiro atoms. The summed E-state index contributed by atoms with van der Waals surface area (Å²) in [5, 5.41) is 13.2. The topological polar surface area (TPSA) is 97.4 Å². The van der Waals surface area contributed by atoms with Gasteiger partial charge in [0.15, 0.2) is 11.5 Å². The Bertz CT molecular complexity index is 1020. The van der Waals surface area contributed by atoms with Gasteiger partial charge in [0.25, 0.3) is 0 Å². The van der Waals surface area contributed by atoms with E-state index in [1.165, 1.54) is 0 Å². The van der Waals surface area contributed by atoms with E-state index in [1.807, 2.05) is 6.07 Å². The van der Waals surface area contributed by atoms with E-state index in [4.69, 9.17) is 15.2 Å². The fourth-order valence-corrected chi connectivity index (χ4v) is 3.63. The number of hydrogen-bond acceptors (Lipinski definition) is 7. The number of nitrogens with zero attached hydrogens (tertiary/aromatic N) is 1. The second-order valence-corrected chi connectivity index (χ2v) is 6.57. The summed E-state index contributed by atoms with van der Waals surface area (Å²) in [7, 11) is 3.10. The molecular weight excluding hydrogens is 362 g/mol. The lowest BCUT2D eigenvalue weighted by Crippen LogP contribution is -2.02. The molecule has 27 heavy (non-hydrogen) atoms. The van der Waals surface area contributed by atoms with Gasteiger partial charge in [0.2, 0.25) is 5.78 Å². The van der Waals surface area contributed by atoms with Crippen molar-refractivity contribution in [3.8, 4) is 17.6 Å². The fourth-order valence-electron chi connectivity index (χ4n) is 2.58. The number of nitriles is 1. The fraction of sp³-hybridized carbons (Fsp3) is 0.100. The molecule has 0 aliphatic carbocycles. The van der Waals surface area contributed by atoms with E-state index < -0.39 is 0 Å². The first-order valence-corrected chi connectivity index (χ1v) is 8.81. The van der Waals surface area contributed by atoms with Crippen LogP contribution in [0.15, 0.2) is 48.5 Å². The van der Waals surface area contributed by atoms with Gasteiger partial charge in [0, 0.05) is 17.3 Å². The molecule has 3 aromatic rings. The van der Waals surface area contributed by atoms with E-state index in [9.17, 15) is 10.1 Å². The second kappa shape index (κ2) is 7.81. The normalized spacial score (nSPS) is 10.1. The van der Waals surface area contributed by atoms with Crippen LogP contribution in [0.5, 0.6) is 11.5 Å². The van der Waals surface area contributed by atoms with Gasteiger partial charge in [-0.2, -0.15) is 5.26 Å². The first kappa shape index (κ1) is 18.3. The first-order valence-electron chi connectivity index (χ1n) is 8.00. The minimum atomic E-state index is -0.213. The molecule has 3 rings (SSSR count).